The molecule has 2 aromatic rings. The molecule has 0 atom stereocenters. The minimum absolute atomic E-state index is 0.0414. The molecule has 0 unspecified atom stereocenters. The van der Waals surface area contributed by atoms with Crippen LogP contribution in [-0.4, -0.2) is 63.5 Å². The van der Waals surface area contributed by atoms with Crippen molar-refractivity contribution in [1.29, 1.82) is 0 Å². The average molecular weight is 628 g/mol. The predicted molar refractivity (Wildman–Crippen MR) is 140 cm³/mol. The molecular formula is C26H28F3IN4O3. The van der Waals surface area contributed by atoms with Gasteiger partial charge in [0.15, 0.2) is 11.6 Å². The molecule has 3 aliphatic rings. The molecule has 11 heteroatoms. The number of nitrogens with two attached hydrogens (primary N) is 1. The molecule has 2 aliphatic carbocycles. The van der Waals surface area contributed by atoms with Gasteiger partial charge in [-0.2, -0.15) is 0 Å². The standard InChI is InChI=1S/C26H28F3IN4O3/c27-18-7-6-17(22(21(18)29)32-20-8-3-15(30)11-19(20)28)23(35)33-12-25(37,13-33)14-34(16-4-5-16)26(24(31)36)9-1-2-10-26/h3,6-8,11,16,32,37H,1-2,4-5,9-10,12-14H2,(H2,31,36). The van der Waals surface area contributed by atoms with E-state index in [0.717, 1.165) is 37.8 Å². The molecule has 4 N–H and O–H groups in total. The highest BCUT2D eigenvalue weighted by Crippen LogP contribution is 2.44. The Bertz CT molecular complexity index is 1240. The summed E-state index contributed by atoms with van der Waals surface area (Å²) in [5.74, 6) is -4.17. The topological polar surface area (TPSA) is 98.9 Å². The predicted octanol–water partition coefficient (Wildman–Crippen LogP) is 3.90. The Labute approximate surface area is 226 Å². The molecule has 0 radical (unpaired) electrons. The fraction of sp³-hybridized carbons (Fsp3) is 0.462. The summed E-state index contributed by atoms with van der Waals surface area (Å²) in [5, 5.41) is 13.8. The van der Waals surface area contributed by atoms with E-state index in [0.29, 0.717) is 16.4 Å². The van der Waals surface area contributed by atoms with Crippen LogP contribution in [-0.2, 0) is 4.79 Å². The van der Waals surface area contributed by atoms with Gasteiger partial charge in [-0.15, -0.1) is 0 Å². The Hall–Kier alpha value is -2.38. The third-order valence-corrected chi connectivity index (χ3v) is 8.34. The zero-order valence-corrected chi connectivity index (χ0v) is 22.2. The maximum atomic E-state index is 14.8. The van der Waals surface area contributed by atoms with Gasteiger partial charge in [-0.1, -0.05) is 12.8 Å². The highest BCUT2D eigenvalue weighted by atomic mass is 127. The van der Waals surface area contributed by atoms with E-state index >= 15 is 0 Å². The molecule has 1 heterocycles. The van der Waals surface area contributed by atoms with Gasteiger partial charge in [-0.25, -0.2) is 13.2 Å². The lowest BCUT2D eigenvalue weighted by molar-refractivity contribution is -0.141. The molecule has 7 nitrogen and oxygen atoms in total. The molecule has 198 valence electrons. The monoisotopic (exact) mass is 628 g/mol. The van der Waals surface area contributed by atoms with Crippen LogP contribution in [0.1, 0.15) is 48.9 Å². The van der Waals surface area contributed by atoms with Crippen LogP contribution < -0.4 is 11.1 Å². The van der Waals surface area contributed by atoms with Gasteiger partial charge in [0, 0.05) is 16.2 Å². The highest BCUT2D eigenvalue weighted by molar-refractivity contribution is 14.1. The van der Waals surface area contributed by atoms with Crippen LogP contribution in [0.5, 0.6) is 0 Å². The number of β-amino-alcohol motifs (C(OH)–C–C–N with tert-alkyl or cyclic N) is 1. The number of primary amides is 1. The number of anilines is 2. The Morgan fingerprint density at radius 1 is 1.11 bits per heavy atom. The van der Waals surface area contributed by atoms with Crippen LogP contribution in [0.4, 0.5) is 24.5 Å². The van der Waals surface area contributed by atoms with Gasteiger partial charge in [-0.3, -0.25) is 14.5 Å². The van der Waals surface area contributed by atoms with Crippen LogP contribution >= 0.6 is 22.6 Å². The maximum Gasteiger partial charge on any atom is 0.256 e. The van der Waals surface area contributed by atoms with Crippen molar-refractivity contribution in [2.75, 3.05) is 25.0 Å². The first-order valence-corrected chi connectivity index (χ1v) is 13.4. The lowest BCUT2D eigenvalue weighted by atomic mass is 9.87. The normalized spacial score (nSPS) is 20.1. The van der Waals surface area contributed by atoms with Crippen LogP contribution in [0, 0.1) is 21.0 Å². The molecule has 5 rings (SSSR count). The first kappa shape index (κ1) is 26.2. The first-order chi connectivity index (χ1) is 17.5. The number of carbonyl (C=O) groups is 2. The molecule has 37 heavy (non-hydrogen) atoms. The van der Waals surface area contributed by atoms with E-state index < -0.39 is 40.2 Å². The van der Waals surface area contributed by atoms with Gasteiger partial charge >= 0.3 is 0 Å². The third kappa shape index (κ3) is 4.92. The number of hydrogen-bond acceptors (Lipinski definition) is 5. The number of aliphatic hydroxyl groups is 1. The lowest BCUT2D eigenvalue weighted by Gasteiger charge is -2.51. The van der Waals surface area contributed by atoms with E-state index in [1.165, 1.54) is 17.0 Å². The van der Waals surface area contributed by atoms with Crippen molar-refractivity contribution in [3.63, 3.8) is 0 Å². The summed E-state index contributed by atoms with van der Waals surface area (Å²) >= 11 is 1.92. The lowest BCUT2D eigenvalue weighted by Crippen LogP contribution is -2.70. The number of nitrogens with one attached hydrogen (secondary N) is 1. The minimum Gasteiger partial charge on any atom is -0.385 e. The highest BCUT2D eigenvalue weighted by Gasteiger charge is 2.55. The summed E-state index contributed by atoms with van der Waals surface area (Å²) < 4.78 is 43.9. The maximum absolute atomic E-state index is 14.8. The van der Waals surface area contributed by atoms with Crippen LogP contribution in [0.15, 0.2) is 30.3 Å². The fourth-order valence-corrected chi connectivity index (χ4v) is 6.08. The summed E-state index contributed by atoms with van der Waals surface area (Å²) in [7, 11) is 0. The van der Waals surface area contributed by atoms with Crippen molar-refractivity contribution in [3.8, 4) is 0 Å². The van der Waals surface area contributed by atoms with Crippen molar-refractivity contribution < 1.29 is 27.9 Å². The van der Waals surface area contributed by atoms with Gasteiger partial charge in [0.25, 0.3) is 5.91 Å². The largest absolute Gasteiger partial charge is 0.385 e. The van der Waals surface area contributed by atoms with Gasteiger partial charge in [-0.05, 0) is 78.6 Å². The molecule has 0 spiro atoms. The van der Waals surface area contributed by atoms with E-state index in [1.807, 2.05) is 27.5 Å². The summed E-state index contributed by atoms with van der Waals surface area (Å²) in [6.07, 6.45) is 4.93. The third-order valence-electron chi connectivity index (χ3n) is 7.67. The molecule has 1 saturated heterocycles. The number of likely N-dealkylation sites (tertiary alicyclic amines) is 1. The Morgan fingerprint density at radius 3 is 2.38 bits per heavy atom. The molecule has 2 amide bonds. The smallest absolute Gasteiger partial charge is 0.256 e. The second-order valence-corrected chi connectivity index (χ2v) is 11.6. The van der Waals surface area contributed by atoms with E-state index in [1.54, 1.807) is 6.07 Å². The van der Waals surface area contributed by atoms with Crippen molar-refractivity contribution in [2.45, 2.75) is 55.7 Å². The molecule has 2 aromatic carbocycles. The van der Waals surface area contributed by atoms with Crippen molar-refractivity contribution in [2.24, 2.45) is 5.73 Å². The Balaban J connectivity index is 1.34. The number of hydrogen-bond donors (Lipinski definition) is 3. The van der Waals surface area contributed by atoms with Crippen LogP contribution in [0.3, 0.4) is 0 Å². The molecular weight excluding hydrogens is 600 g/mol. The molecule has 0 aromatic heterocycles. The second-order valence-electron chi connectivity index (χ2n) is 10.4. The Kier molecular flexibility index (Phi) is 6.90. The number of benzene rings is 2. The SMILES string of the molecule is NC(=O)C1(N(CC2(O)CN(C(=O)c3ccc(F)c(F)c3Nc3ccc(I)cc3F)C2)C2CC2)CCCC1. The number of carbonyl (C=O) groups excluding carboxylic acids is 2. The van der Waals surface area contributed by atoms with Gasteiger partial charge < -0.3 is 21.1 Å². The summed E-state index contributed by atoms with van der Waals surface area (Å²) in [6.45, 7) is 0.113. The number of halogens is 4. The van der Waals surface area contributed by atoms with Crippen molar-refractivity contribution in [1.82, 2.24) is 9.80 Å². The molecule has 3 fully saturated rings. The zero-order chi connectivity index (χ0) is 26.5. The summed E-state index contributed by atoms with van der Waals surface area (Å²) in [5.41, 5.74) is 3.02. The Morgan fingerprint density at radius 2 is 1.78 bits per heavy atom. The van der Waals surface area contributed by atoms with Crippen molar-refractivity contribution >= 4 is 45.8 Å². The van der Waals surface area contributed by atoms with Crippen LogP contribution in [0.25, 0.3) is 0 Å². The van der Waals surface area contributed by atoms with E-state index in [4.69, 9.17) is 5.73 Å². The molecule has 0 bridgehead atoms. The number of rotatable bonds is 8. The number of amides is 2. The van der Waals surface area contributed by atoms with E-state index in [-0.39, 0.29) is 42.8 Å². The van der Waals surface area contributed by atoms with Crippen molar-refractivity contribution in [3.05, 3.63) is 56.9 Å². The quantitative estimate of drug-likeness (QED) is 0.386. The summed E-state index contributed by atoms with van der Waals surface area (Å²) in [6, 6.07) is 6.35. The average Bonchev–Trinajstić information content (AvgIpc) is 3.55. The second kappa shape index (κ2) is 9.73. The van der Waals surface area contributed by atoms with E-state index in [2.05, 4.69) is 5.32 Å². The molecule has 1 aliphatic heterocycles. The fourth-order valence-electron chi connectivity index (χ4n) is 5.62. The summed E-state index contributed by atoms with van der Waals surface area (Å²) in [4.78, 5) is 29.1. The van der Waals surface area contributed by atoms with Gasteiger partial charge in [0.2, 0.25) is 5.91 Å². The zero-order valence-electron chi connectivity index (χ0n) is 20.1. The number of nitrogens with zero attached hydrogens (tertiary/aromatic N) is 2. The first-order valence-electron chi connectivity index (χ1n) is 12.3. The van der Waals surface area contributed by atoms with Gasteiger partial charge in [0.1, 0.15) is 17.0 Å². The molecule has 2 saturated carbocycles. The van der Waals surface area contributed by atoms with Gasteiger partial charge in [0.05, 0.1) is 30.0 Å². The van der Waals surface area contributed by atoms with Crippen LogP contribution in [0.2, 0.25) is 0 Å². The minimum atomic E-state index is -1.30. The van der Waals surface area contributed by atoms with E-state index in [9.17, 15) is 27.9 Å².